The van der Waals surface area contributed by atoms with Gasteiger partial charge in [-0.1, -0.05) is 5.16 Å². The van der Waals surface area contributed by atoms with Gasteiger partial charge in [-0.2, -0.15) is 4.98 Å². The summed E-state index contributed by atoms with van der Waals surface area (Å²) in [6, 6.07) is 0.112. The van der Waals surface area contributed by atoms with Crippen molar-refractivity contribution >= 4 is 23.4 Å². The van der Waals surface area contributed by atoms with Crippen LogP contribution in [0, 0.1) is 13.8 Å². The standard InChI is InChI=1S/C17H23N7O2.ClH/c1-9-11(10(2)19-16-14(9)17(25)21-24(16)4)7-13-20-15(22-26-13)12-8-18-5-6-23(12)3;/h12,18H,5-8H2,1-4H3,(H,21,25);1H. The predicted molar refractivity (Wildman–Crippen MR) is 103 cm³/mol. The van der Waals surface area contributed by atoms with Crippen LogP contribution in [-0.4, -0.2) is 56.5 Å². The van der Waals surface area contributed by atoms with Gasteiger partial charge in [0.1, 0.15) is 0 Å². The second-order valence-electron chi connectivity index (χ2n) is 6.92. The maximum absolute atomic E-state index is 12.2. The number of H-pyrrole nitrogens is 1. The lowest BCUT2D eigenvalue weighted by Crippen LogP contribution is -2.44. The minimum Gasteiger partial charge on any atom is -0.339 e. The fraction of sp³-hybridized carbons (Fsp3) is 0.529. The van der Waals surface area contributed by atoms with Crippen molar-refractivity contribution in [1.82, 2.24) is 35.1 Å². The fourth-order valence-electron chi connectivity index (χ4n) is 3.63. The Labute approximate surface area is 162 Å². The average molecular weight is 394 g/mol. The summed E-state index contributed by atoms with van der Waals surface area (Å²) in [5, 5.41) is 10.9. The molecular formula is C17H24ClN7O2. The van der Waals surface area contributed by atoms with Crippen LogP contribution in [0.1, 0.15) is 34.6 Å². The van der Waals surface area contributed by atoms with Crippen LogP contribution in [0.2, 0.25) is 0 Å². The van der Waals surface area contributed by atoms with Gasteiger partial charge in [0.2, 0.25) is 5.89 Å². The molecule has 1 atom stereocenters. The van der Waals surface area contributed by atoms with E-state index in [9.17, 15) is 4.79 Å². The van der Waals surface area contributed by atoms with Crippen molar-refractivity contribution in [2.75, 3.05) is 26.7 Å². The lowest BCUT2D eigenvalue weighted by atomic mass is 10.0. The van der Waals surface area contributed by atoms with Crippen molar-refractivity contribution < 1.29 is 4.52 Å². The van der Waals surface area contributed by atoms with Crippen molar-refractivity contribution in [3.05, 3.63) is 38.9 Å². The van der Waals surface area contributed by atoms with Gasteiger partial charge < -0.3 is 9.84 Å². The van der Waals surface area contributed by atoms with Crippen LogP contribution in [0.15, 0.2) is 9.32 Å². The average Bonchev–Trinajstić information content (AvgIpc) is 3.17. The molecule has 0 bridgehead atoms. The van der Waals surface area contributed by atoms with Gasteiger partial charge in [0.25, 0.3) is 5.56 Å². The van der Waals surface area contributed by atoms with Crippen LogP contribution in [0.25, 0.3) is 11.0 Å². The molecule has 2 N–H and O–H groups in total. The number of aromatic nitrogens is 5. The van der Waals surface area contributed by atoms with Crippen LogP contribution >= 0.6 is 12.4 Å². The molecule has 1 fully saturated rings. The Balaban J connectivity index is 0.00000210. The summed E-state index contributed by atoms with van der Waals surface area (Å²) in [5.41, 5.74) is 3.26. The summed E-state index contributed by atoms with van der Waals surface area (Å²) in [6.07, 6.45) is 0.464. The number of aryl methyl sites for hydroxylation is 3. The van der Waals surface area contributed by atoms with E-state index < -0.39 is 0 Å². The third-order valence-electron chi connectivity index (χ3n) is 5.20. The minimum atomic E-state index is -0.130. The van der Waals surface area contributed by atoms with E-state index in [4.69, 9.17) is 4.52 Å². The molecule has 0 amide bonds. The molecule has 1 unspecified atom stereocenters. The molecule has 3 aromatic heterocycles. The molecule has 1 saturated heterocycles. The largest absolute Gasteiger partial charge is 0.339 e. The van der Waals surface area contributed by atoms with Gasteiger partial charge in [0.05, 0.1) is 17.8 Å². The maximum Gasteiger partial charge on any atom is 0.273 e. The van der Waals surface area contributed by atoms with Gasteiger partial charge in [-0.3, -0.25) is 19.5 Å². The Hall–Kier alpha value is -2.23. The summed E-state index contributed by atoms with van der Waals surface area (Å²) in [6.45, 7) is 6.60. The first-order valence-electron chi connectivity index (χ1n) is 8.74. The van der Waals surface area contributed by atoms with Crippen LogP contribution < -0.4 is 10.9 Å². The van der Waals surface area contributed by atoms with E-state index in [-0.39, 0.29) is 24.0 Å². The topological polar surface area (TPSA) is 105 Å². The summed E-state index contributed by atoms with van der Waals surface area (Å²) in [4.78, 5) is 23.6. The number of hydrogen-bond acceptors (Lipinski definition) is 7. The summed E-state index contributed by atoms with van der Waals surface area (Å²) in [7, 11) is 3.85. The predicted octanol–water partition coefficient (Wildman–Crippen LogP) is 0.850. The van der Waals surface area contributed by atoms with Crippen molar-refractivity contribution in [2.24, 2.45) is 7.05 Å². The van der Waals surface area contributed by atoms with E-state index in [1.54, 1.807) is 11.7 Å². The molecule has 3 aromatic rings. The summed E-state index contributed by atoms with van der Waals surface area (Å²) >= 11 is 0. The zero-order valence-electron chi connectivity index (χ0n) is 15.9. The lowest BCUT2D eigenvalue weighted by Gasteiger charge is -2.30. The third-order valence-corrected chi connectivity index (χ3v) is 5.20. The van der Waals surface area contributed by atoms with Crippen LogP contribution in [0.4, 0.5) is 0 Å². The first kappa shape index (κ1) is 19.5. The molecular weight excluding hydrogens is 370 g/mol. The first-order valence-corrected chi connectivity index (χ1v) is 8.74. The van der Waals surface area contributed by atoms with Crippen molar-refractivity contribution in [1.29, 1.82) is 0 Å². The molecule has 0 saturated carbocycles. The molecule has 1 aliphatic heterocycles. The monoisotopic (exact) mass is 393 g/mol. The highest BCUT2D eigenvalue weighted by molar-refractivity contribution is 5.85. The Morgan fingerprint density at radius 3 is 2.78 bits per heavy atom. The number of hydrogen-bond donors (Lipinski definition) is 2. The Morgan fingerprint density at radius 1 is 1.26 bits per heavy atom. The smallest absolute Gasteiger partial charge is 0.273 e. The van der Waals surface area contributed by atoms with Gasteiger partial charge >= 0.3 is 0 Å². The maximum atomic E-state index is 12.2. The first-order chi connectivity index (χ1) is 12.5. The van der Waals surface area contributed by atoms with E-state index in [1.165, 1.54) is 0 Å². The number of likely N-dealkylation sites (N-methyl/N-ethyl adjacent to an activating group) is 1. The zero-order chi connectivity index (χ0) is 18.4. The molecule has 27 heavy (non-hydrogen) atoms. The molecule has 0 aromatic carbocycles. The quantitative estimate of drug-likeness (QED) is 0.679. The number of halogens is 1. The van der Waals surface area contributed by atoms with Crippen LogP contribution in [0.5, 0.6) is 0 Å². The normalized spacial score (nSPS) is 18.0. The molecule has 0 spiro atoms. The summed E-state index contributed by atoms with van der Waals surface area (Å²) < 4.78 is 7.14. The van der Waals surface area contributed by atoms with Crippen molar-refractivity contribution in [3.8, 4) is 0 Å². The molecule has 4 heterocycles. The molecule has 4 rings (SSSR count). The number of aromatic amines is 1. The number of fused-ring (bicyclic) bond motifs is 1. The Bertz CT molecular complexity index is 1020. The highest BCUT2D eigenvalue weighted by Crippen LogP contribution is 2.23. The van der Waals surface area contributed by atoms with Gasteiger partial charge in [-0.25, -0.2) is 4.98 Å². The second kappa shape index (κ2) is 7.41. The molecule has 146 valence electrons. The highest BCUT2D eigenvalue weighted by atomic mass is 35.5. The number of piperazine rings is 1. The Morgan fingerprint density at radius 2 is 2.04 bits per heavy atom. The van der Waals surface area contributed by atoms with Crippen molar-refractivity contribution in [2.45, 2.75) is 26.3 Å². The third kappa shape index (κ3) is 3.38. The number of nitrogens with one attached hydrogen (secondary N) is 2. The van der Waals surface area contributed by atoms with E-state index in [0.29, 0.717) is 29.2 Å². The number of nitrogens with zero attached hydrogens (tertiary/aromatic N) is 5. The van der Waals surface area contributed by atoms with Gasteiger partial charge in [0, 0.05) is 32.4 Å². The fourth-order valence-corrected chi connectivity index (χ4v) is 3.63. The summed E-state index contributed by atoms with van der Waals surface area (Å²) in [5.74, 6) is 1.23. The lowest BCUT2D eigenvalue weighted by molar-refractivity contribution is 0.190. The van der Waals surface area contributed by atoms with Gasteiger partial charge in [-0.15, -0.1) is 12.4 Å². The van der Waals surface area contributed by atoms with Gasteiger partial charge in [-0.05, 0) is 32.0 Å². The van der Waals surface area contributed by atoms with Crippen LogP contribution in [0.3, 0.4) is 0 Å². The van der Waals surface area contributed by atoms with Crippen LogP contribution in [-0.2, 0) is 13.5 Å². The molecule has 0 radical (unpaired) electrons. The molecule has 9 nitrogen and oxygen atoms in total. The van der Waals surface area contributed by atoms with Crippen molar-refractivity contribution in [3.63, 3.8) is 0 Å². The zero-order valence-corrected chi connectivity index (χ0v) is 16.7. The highest BCUT2D eigenvalue weighted by Gasteiger charge is 2.26. The SMILES string of the molecule is Cc1nc2c(c(C)c1Cc1nc(C3CNCCN3C)no1)c(=O)[nH]n2C.Cl. The minimum absolute atomic E-state index is 0. The van der Waals surface area contributed by atoms with E-state index in [0.717, 1.165) is 36.5 Å². The Kier molecular flexibility index (Phi) is 5.36. The molecule has 10 heteroatoms. The molecule has 1 aliphatic rings. The molecule has 0 aliphatic carbocycles. The van der Waals surface area contributed by atoms with E-state index in [1.807, 2.05) is 13.8 Å². The second-order valence-corrected chi connectivity index (χ2v) is 6.92. The van der Waals surface area contributed by atoms with E-state index in [2.05, 4.69) is 37.5 Å². The van der Waals surface area contributed by atoms with Gasteiger partial charge in [0.15, 0.2) is 11.5 Å². The number of rotatable bonds is 3. The number of pyridine rings is 1. The van der Waals surface area contributed by atoms with E-state index >= 15 is 0 Å².